The quantitative estimate of drug-likeness (QED) is 0.465. The van der Waals surface area contributed by atoms with Gasteiger partial charge in [0.1, 0.15) is 22.2 Å². The second-order valence-corrected chi connectivity index (χ2v) is 7.57. The van der Waals surface area contributed by atoms with Gasteiger partial charge in [-0.25, -0.2) is 0 Å². The predicted molar refractivity (Wildman–Crippen MR) is 115 cm³/mol. The van der Waals surface area contributed by atoms with Crippen LogP contribution in [-0.4, -0.2) is 32.6 Å². The third-order valence-electron chi connectivity index (χ3n) is 4.89. The molecule has 0 bridgehead atoms. The molecule has 6 nitrogen and oxygen atoms in total. The number of aromatic amines is 1. The summed E-state index contributed by atoms with van der Waals surface area (Å²) in [5.41, 5.74) is 5.21. The van der Waals surface area contributed by atoms with Gasteiger partial charge < -0.3 is 9.84 Å². The highest BCUT2D eigenvalue weighted by Gasteiger charge is 2.23. The molecule has 0 aliphatic heterocycles. The molecule has 0 spiro atoms. The zero-order valence-corrected chi connectivity index (χ0v) is 17.4. The Bertz CT molecular complexity index is 1140. The predicted octanol–water partition coefficient (Wildman–Crippen LogP) is 5.10. The van der Waals surface area contributed by atoms with Crippen LogP contribution in [0.3, 0.4) is 0 Å². The number of phenolic OH excluding ortho intramolecular Hbond substituents is 1. The maximum Gasteiger partial charge on any atom is 0.152 e. The van der Waals surface area contributed by atoms with E-state index >= 15 is 0 Å². The number of ether oxygens (including phenoxy) is 1. The fraction of sp³-hybridized carbons (Fsp3) is 0.227. The number of hydrogen-bond acceptors (Lipinski definition) is 6. The molecule has 0 aliphatic carbocycles. The van der Waals surface area contributed by atoms with Gasteiger partial charge in [-0.15, -0.1) is 10.2 Å². The van der Waals surface area contributed by atoms with E-state index in [9.17, 15) is 5.11 Å². The van der Waals surface area contributed by atoms with Crippen molar-refractivity contribution in [3.8, 4) is 43.9 Å². The van der Waals surface area contributed by atoms with E-state index in [2.05, 4.69) is 34.2 Å². The summed E-state index contributed by atoms with van der Waals surface area (Å²) < 4.78 is 5.39. The molecule has 0 unspecified atom stereocenters. The van der Waals surface area contributed by atoms with E-state index in [4.69, 9.17) is 4.74 Å². The van der Waals surface area contributed by atoms with Gasteiger partial charge in [-0.2, -0.15) is 5.10 Å². The number of aromatic hydroxyl groups is 1. The molecule has 2 aromatic heterocycles. The summed E-state index contributed by atoms with van der Waals surface area (Å²) in [5.74, 6) is 0.797. The van der Waals surface area contributed by atoms with E-state index < -0.39 is 0 Å². The van der Waals surface area contributed by atoms with E-state index in [1.807, 2.05) is 36.4 Å². The third kappa shape index (κ3) is 3.49. The van der Waals surface area contributed by atoms with E-state index in [-0.39, 0.29) is 5.75 Å². The minimum atomic E-state index is 0.127. The molecule has 2 heterocycles. The smallest absolute Gasteiger partial charge is 0.152 e. The number of hydrogen-bond donors (Lipinski definition) is 2. The van der Waals surface area contributed by atoms with E-state index in [1.54, 1.807) is 13.2 Å². The van der Waals surface area contributed by atoms with Crippen LogP contribution in [-0.2, 0) is 12.8 Å². The van der Waals surface area contributed by atoms with Crippen molar-refractivity contribution in [3.05, 3.63) is 53.7 Å². The fourth-order valence-corrected chi connectivity index (χ4v) is 4.27. The van der Waals surface area contributed by atoms with Crippen LogP contribution in [0.15, 0.2) is 42.5 Å². The lowest BCUT2D eigenvalue weighted by molar-refractivity contribution is 0.403. The summed E-state index contributed by atoms with van der Waals surface area (Å²) in [7, 11) is 1.61. The van der Waals surface area contributed by atoms with Gasteiger partial charge in [0, 0.05) is 22.9 Å². The molecule has 0 saturated carbocycles. The van der Waals surface area contributed by atoms with Crippen molar-refractivity contribution in [2.24, 2.45) is 0 Å². The van der Waals surface area contributed by atoms with Crippen molar-refractivity contribution in [1.29, 1.82) is 0 Å². The zero-order valence-electron chi connectivity index (χ0n) is 16.6. The molecule has 29 heavy (non-hydrogen) atoms. The highest BCUT2D eigenvalue weighted by atomic mass is 32.1. The molecule has 4 rings (SSSR count). The topological polar surface area (TPSA) is 83.9 Å². The Balaban J connectivity index is 1.85. The average Bonchev–Trinajstić information content (AvgIpc) is 3.40. The number of methoxy groups -OCH3 is 1. The van der Waals surface area contributed by atoms with E-state index in [0.717, 1.165) is 45.2 Å². The molecular formula is C22H22N4O2S. The normalized spacial score (nSPS) is 11.0. The monoisotopic (exact) mass is 406 g/mol. The van der Waals surface area contributed by atoms with E-state index in [0.29, 0.717) is 17.0 Å². The van der Waals surface area contributed by atoms with Gasteiger partial charge in [0.15, 0.2) is 5.01 Å². The third-order valence-corrected chi connectivity index (χ3v) is 5.88. The van der Waals surface area contributed by atoms with Gasteiger partial charge in [0.05, 0.1) is 12.7 Å². The number of aryl methyl sites for hydroxylation is 2. The van der Waals surface area contributed by atoms with Crippen molar-refractivity contribution < 1.29 is 9.84 Å². The average molecular weight is 407 g/mol. The first kappa shape index (κ1) is 19.1. The molecule has 0 atom stereocenters. The number of aromatic nitrogens is 4. The first-order valence-corrected chi connectivity index (χ1v) is 10.3. The van der Waals surface area contributed by atoms with Crippen LogP contribution in [0, 0.1) is 0 Å². The van der Waals surface area contributed by atoms with E-state index in [1.165, 1.54) is 11.3 Å². The van der Waals surface area contributed by atoms with Crippen LogP contribution in [0.5, 0.6) is 11.5 Å². The highest BCUT2D eigenvalue weighted by Crippen LogP contribution is 2.42. The summed E-state index contributed by atoms with van der Waals surface area (Å²) in [6, 6.07) is 13.6. The molecule has 0 radical (unpaired) electrons. The van der Waals surface area contributed by atoms with Crippen molar-refractivity contribution in [2.45, 2.75) is 26.7 Å². The number of benzene rings is 2. The Morgan fingerprint density at radius 3 is 2.48 bits per heavy atom. The van der Waals surface area contributed by atoms with Gasteiger partial charge in [-0.1, -0.05) is 55.5 Å². The van der Waals surface area contributed by atoms with Crippen LogP contribution in [0.1, 0.15) is 25.1 Å². The van der Waals surface area contributed by atoms with Gasteiger partial charge >= 0.3 is 0 Å². The molecule has 0 amide bonds. The Labute approximate surface area is 173 Å². The van der Waals surface area contributed by atoms with Crippen molar-refractivity contribution in [3.63, 3.8) is 0 Å². The fourth-order valence-electron chi connectivity index (χ4n) is 3.35. The molecule has 7 heteroatoms. The Kier molecular flexibility index (Phi) is 5.31. The molecule has 4 aromatic rings. The second kappa shape index (κ2) is 8.05. The lowest BCUT2D eigenvalue weighted by atomic mass is 10.00. The number of phenols is 1. The maximum atomic E-state index is 10.7. The summed E-state index contributed by atoms with van der Waals surface area (Å²) in [5, 5.41) is 28.7. The van der Waals surface area contributed by atoms with Crippen LogP contribution in [0.25, 0.3) is 32.4 Å². The van der Waals surface area contributed by atoms with Crippen LogP contribution in [0.4, 0.5) is 0 Å². The molecular weight excluding hydrogens is 384 g/mol. The SMILES string of the molecule is CCc1cc(-c2n[nH]c(CC)c2-c2nnc(-c3ccccc3)s2)c(O)cc1OC. The first-order valence-electron chi connectivity index (χ1n) is 9.53. The molecule has 0 aliphatic rings. The second-order valence-electron chi connectivity index (χ2n) is 6.59. The Hall–Kier alpha value is -3.19. The highest BCUT2D eigenvalue weighted by molar-refractivity contribution is 7.18. The Morgan fingerprint density at radius 1 is 1.03 bits per heavy atom. The lowest BCUT2D eigenvalue weighted by Gasteiger charge is -2.11. The molecule has 2 aromatic carbocycles. The van der Waals surface area contributed by atoms with Crippen LogP contribution in [0.2, 0.25) is 0 Å². The summed E-state index contributed by atoms with van der Waals surface area (Å²) in [6.07, 6.45) is 1.55. The number of rotatable bonds is 6. The van der Waals surface area contributed by atoms with Crippen LogP contribution >= 0.6 is 11.3 Å². The minimum absolute atomic E-state index is 0.127. The summed E-state index contributed by atoms with van der Waals surface area (Å²) >= 11 is 1.52. The number of nitrogens with zero attached hydrogens (tertiary/aromatic N) is 3. The van der Waals surface area contributed by atoms with Gasteiger partial charge in [-0.3, -0.25) is 5.10 Å². The van der Waals surface area contributed by atoms with Gasteiger partial charge in [0.25, 0.3) is 0 Å². The van der Waals surface area contributed by atoms with Gasteiger partial charge in [-0.05, 0) is 24.5 Å². The molecule has 0 fully saturated rings. The van der Waals surface area contributed by atoms with Crippen molar-refractivity contribution >= 4 is 11.3 Å². The van der Waals surface area contributed by atoms with Crippen molar-refractivity contribution in [2.75, 3.05) is 7.11 Å². The first-order chi connectivity index (χ1) is 14.2. The molecule has 2 N–H and O–H groups in total. The lowest BCUT2D eigenvalue weighted by Crippen LogP contribution is -1.93. The summed E-state index contributed by atoms with van der Waals surface area (Å²) in [6.45, 7) is 4.11. The summed E-state index contributed by atoms with van der Waals surface area (Å²) in [4.78, 5) is 0. The maximum absolute atomic E-state index is 10.7. The minimum Gasteiger partial charge on any atom is -0.507 e. The van der Waals surface area contributed by atoms with Crippen molar-refractivity contribution in [1.82, 2.24) is 20.4 Å². The number of H-pyrrole nitrogens is 1. The Morgan fingerprint density at radius 2 is 1.79 bits per heavy atom. The zero-order chi connectivity index (χ0) is 20.4. The largest absolute Gasteiger partial charge is 0.507 e. The van der Waals surface area contributed by atoms with Gasteiger partial charge in [0.2, 0.25) is 0 Å². The molecule has 148 valence electrons. The van der Waals surface area contributed by atoms with Crippen LogP contribution < -0.4 is 4.74 Å². The molecule has 0 saturated heterocycles. The number of nitrogens with one attached hydrogen (secondary N) is 1. The standard InChI is InChI=1S/C22H22N4O2S/c1-4-13-11-15(17(27)12-18(13)28-3)20-19(16(5-2)23-24-20)22-26-25-21(29-22)14-9-7-6-8-10-14/h6-12,27H,4-5H2,1-3H3,(H,23,24).